The van der Waals surface area contributed by atoms with Crippen LogP contribution >= 0.6 is 0 Å². The first kappa shape index (κ1) is 35.0. The molecule has 0 saturated heterocycles. The fourth-order valence-electron chi connectivity index (χ4n) is 3.37. The molecule has 0 aliphatic rings. The smallest absolute Gasteiger partial charge is 0.450 e. The zero-order valence-corrected chi connectivity index (χ0v) is 25.3. The topological polar surface area (TPSA) is 102 Å². The fraction of sp³-hybridized carbons (Fsp3) is 0.542. The molecule has 0 aromatic heterocycles. The van der Waals surface area contributed by atoms with Crippen LogP contribution in [0.1, 0.15) is 57.6 Å². The molecule has 1 rings (SSSR count). The van der Waals surface area contributed by atoms with Crippen LogP contribution < -0.4 is 16.1 Å². The number of carbonyl (C=O) groups excluding carboxylic acids is 1. The zero-order chi connectivity index (χ0) is 26.4. The Bertz CT molecular complexity index is 853. The number of carbonyl (C=O) groups is 1. The predicted octanol–water partition coefficient (Wildman–Crippen LogP) is 2.08. The first-order valence-corrected chi connectivity index (χ1v) is 11.8. The molecule has 1 aromatic rings. The molecule has 0 spiro atoms. The number of alkyl halides is 3. The second-order valence-corrected chi connectivity index (χ2v) is 8.67. The molecule has 5 N–H and O–H groups in total. The summed E-state index contributed by atoms with van der Waals surface area (Å²) in [7, 11) is -1.08. The molecule has 1 radical (unpaired) electrons. The molecule has 6 nitrogen and oxygen atoms in total. The zero-order valence-electron chi connectivity index (χ0n) is 21.1. The summed E-state index contributed by atoms with van der Waals surface area (Å²) < 4.78 is 41.0. The number of amides is 1. The van der Waals surface area contributed by atoms with E-state index >= 15 is 0 Å². The molecule has 0 fully saturated rings. The van der Waals surface area contributed by atoms with E-state index in [2.05, 4.69) is 17.6 Å². The number of halogens is 3. The van der Waals surface area contributed by atoms with Crippen molar-refractivity contribution < 1.29 is 64.2 Å². The molecule has 0 aliphatic carbocycles. The average Bonchev–Trinajstić information content (AvgIpc) is 2.78. The number of nitrogens with one attached hydrogen (secondary N) is 2. The SMILES string of the molecule is CCCCCNC(=O)CNC(C/C=C(\C=C\C(C)F)B(O)O)Cc1cc([B]O)cc(C(C)(F)F)c1.[U]. The van der Waals surface area contributed by atoms with Crippen LogP contribution in [0.15, 0.2) is 41.9 Å². The van der Waals surface area contributed by atoms with E-state index in [1.807, 2.05) is 0 Å². The van der Waals surface area contributed by atoms with Gasteiger partial charge < -0.3 is 25.7 Å². The van der Waals surface area contributed by atoms with E-state index in [9.17, 15) is 33.0 Å². The Morgan fingerprint density at radius 3 is 2.50 bits per heavy atom. The number of unbranched alkanes of at least 4 members (excludes halogenated alkanes) is 2. The Labute approximate surface area is 237 Å². The van der Waals surface area contributed by atoms with Gasteiger partial charge in [-0.25, -0.2) is 13.2 Å². The Hall–Kier alpha value is -1.02. The molecular weight excluding hydrogens is 697 g/mol. The summed E-state index contributed by atoms with van der Waals surface area (Å²) in [5.41, 5.74) is 0.527. The first-order valence-electron chi connectivity index (χ1n) is 11.8. The van der Waals surface area contributed by atoms with Crippen molar-refractivity contribution in [1.29, 1.82) is 0 Å². The van der Waals surface area contributed by atoms with Gasteiger partial charge in [-0.1, -0.05) is 55.6 Å². The summed E-state index contributed by atoms with van der Waals surface area (Å²) in [5, 5.41) is 34.5. The monoisotopic (exact) mass is 733 g/mol. The quantitative estimate of drug-likeness (QED) is 0.102. The van der Waals surface area contributed by atoms with E-state index in [1.54, 1.807) is 6.07 Å². The van der Waals surface area contributed by atoms with Gasteiger partial charge in [0.2, 0.25) is 5.91 Å². The first-order chi connectivity index (χ1) is 16.5. The summed E-state index contributed by atoms with van der Waals surface area (Å²) >= 11 is 0. The van der Waals surface area contributed by atoms with Gasteiger partial charge in [-0.2, -0.15) is 0 Å². The van der Waals surface area contributed by atoms with Crippen molar-refractivity contribution in [3.05, 3.63) is 53.0 Å². The van der Waals surface area contributed by atoms with E-state index < -0.39 is 25.3 Å². The normalized spacial score (nSPS) is 13.8. The van der Waals surface area contributed by atoms with Crippen molar-refractivity contribution in [3.8, 4) is 0 Å². The van der Waals surface area contributed by atoms with Crippen LogP contribution in [0.2, 0.25) is 0 Å². The summed E-state index contributed by atoms with van der Waals surface area (Å²) in [5.74, 6) is -3.33. The van der Waals surface area contributed by atoms with Crippen LogP contribution in [0.4, 0.5) is 13.2 Å². The summed E-state index contributed by atoms with van der Waals surface area (Å²) in [4.78, 5) is 12.2. The van der Waals surface area contributed by atoms with Crippen molar-refractivity contribution in [2.45, 2.75) is 71.0 Å². The Kier molecular flexibility index (Phi) is 17.8. The van der Waals surface area contributed by atoms with E-state index in [-0.39, 0.29) is 72.9 Å². The van der Waals surface area contributed by atoms with Crippen LogP contribution in [0.25, 0.3) is 0 Å². The molecule has 2 atom stereocenters. The molecule has 12 heteroatoms. The second kappa shape index (κ2) is 18.3. The van der Waals surface area contributed by atoms with Gasteiger partial charge in [0, 0.05) is 56.2 Å². The maximum atomic E-state index is 13.9. The molecule has 0 saturated carbocycles. The molecule has 1 amide bonds. The number of hydrogen-bond donors (Lipinski definition) is 5. The minimum absolute atomic E-state index is 0. The third kappa shape index (κ3) is 14.7. The van der Waals surface area contributed by atoms with Crippen LogP contribution in [-0.2, 0) is 17.1 Å². The van der Waals surface area contributed by atoms with Gasteiger partial charge in [0.1, 0.15) is 6.17 Å². The maximum absolute atomic E-state index is 13.9. The number of allylic oxidation sites excluding steroid dienone is 3. The van der Waals surface area contributed by atoms with Gasteiger partial charge in [-0.15, -0.1) is 0 Å². The van der Waals surface area contributed by atoms with Gasteiger partial charge in [0.15, 0.2) is 0 Å². The number of hydrogen-bond acceptors (Lipinski definition) is 5. The molecule has 197 valence electrons. The van der Waals surface area contributed by atoms with E-state index in [4.69, 9.17) is 0 Å². The summed E-state index contributed by atoms with van der Waals surface area (Å²) in [6.45, 7) is 4.65. The van der Waals surface area contributed by atoms with E-state index in [1.165, 1.54) is 37.3 Å². The number of benzene rings is 1. The van der Waals surface area contributed by atoms with Crippen molar-refractivity contribution in [1.82, 2.24) is 10.6 Å². The average molecular weight is 733 g/mol. The summed E-state index contributed by atoms with van der Waals surface area (Å²) in [6.07, 6.45) is 5.96. The standard InChI is InChI=1S/C24H36B2F3N2O4.U/c1-4-5-6-11-30-23(32)16-31-22(10-9-21(26(34)35)8-7-17(2)27)14-18-12-19(24(3,28)29)15-20(13-18)25-33;/h7-9,12-13,15,17,22,31,33-35H,4-6,10-11,14,16H2,1-3H3,(H,30,32);/b8-7+,21-9+;. The molecule has 36 heavy (non-hydrogen) atoms. The van der Waals surface area contributed by atoms with Crippen molar-refractivity contribution >= 4 is 26.0 Å². The molecule has 0 heterocycles. The van der Waals surface area contributed by atoms with Crippen molar-refractivity contribution in [2.24, 2.45) is 0 Å². The molecule has 0 aliphatic heterocycles. The minimum Gasteiger partial charge on any atom is -0.450 e. The Morgan fingerprint density at radius 2 is 1.94 bits per heavy atom. The van der Waals surface area contributed by atoms with Gasteiger partial charge in [0.25, 0.3) is 5.92 Å². The van der Waals surface area contributed by atoms with Crippen molar-refractivity contribution in [3.63, 3.8) is 0 Å². The van der Waals surface area contributed by atoms with Gasteiger partial charge in [0.05, 0.1) is 6.54 Å². The van der Waals surface area contributed by atoms with E-state index in [0.717, 1.165) is 33.7 Å². The Morgan fingerprint density at radius 1 is 1.25 bits per heavy atom. The fourth-order valence-corrected chi connectivity index (χ4v) is 3.37. The maximum Gasteiger partial charge on any atom is 0.488 e. The number of rotatable bonds is 16. The molecule has 2 unspecified atom stereocenters. The molecular formula is C24H36B2F3N2O4U. The van der Waals surface area contributed by atoms with Crippen LogP contribution in [0, 0.1) is 31.1 Å². The Balaban J connectivity index is 0.0000122. The second-order valence-electron chi connectivity index (χ2n) is 8.67. The molecule has 1 aromatic carbocycles. The van der Waals surface area contributed by atoms with Gasteiger partial charge in [-0.3, -0.25) is 4.79 Å². The third-order valence-corrected chi connectivity index (χ3v) is 5.30. The minimum atomic E-state index is -3.11. The van der Waals surface area contributed by atoms with Gasteiger partial charge in [-0.05, 0) is 43.3 Å². The third-order valence-electron chi connectivity index (χ3n) is 5.30. The predicted molar refractivity (Wildman–Crippen MR) is 134 cm³/mol. The van der Waals surface area contributed by atoms with Gasteiger partial charge >= 0.3 is 14.6 Å². The van der Waals surface area contributed by atoms with Crippen LogP contribution in [0.3, 0.4) is 0 Å². The largest absolute Gasteiger partial charge is 0.488 e. The van der Waals surface area contributed by atoms with Crippen LogP contribution in [-0.4, -0.2) is 60.9 Å². The van der Waals surface area contributed by atoms with Crippen LogP contribution in [0.5, 0.6) is 0 Å². The van der Waals surface area contributed by atoms with E-state index in [0.29, 0.717) is 12.1 Å². The van der Waals surface area contributed by atoms with Crippen molar-refractivity contribution in [2.75, 3.05) is 13.1 Å². The summed E-state index contributed by atoms with van der Waals surface area (Å²) in [6, 6.07) is 3.64. The molecule has 0 bridgehead atoms.